The van der Waals surface area contributed by atoms with Gasteiger partial charge in [0.2, 0.25) is 0 Å². The highest BCUT2D eigenvalue weighted by atomic mass is 15.3. The van der Waals surface area contributed by atoms with Gasteiger partial charge in [-0.15, -0.1) is 0 Å². The monoisotopic (exact) mass is 1630 g/mol. The van der Waals surface area contributed by atoms with E-state index < -0.39 is 0 Å². The fraction of sp³-hybridized carbons (Fsp3) is 0.275. The molecule has 14 aromatic rings. The van der Waals surface area contributed by atoms with Crippen LogP contribution in [0.4, 0.5) is 0 Å². The number of piperazine rings is 4. The summed E-state index contributed by atoms with van der Waals surface area (Å²) in [5.74, 6) is 0. The molecule has 8 aliphatic rings. The Hall–Kier alpha value is -12.0. The lowest BCUT2D eigenvalue weighted by molar-refractivity contribution is 0.148. The maximum absolute atomic E-state index is 4.82. The topological polar surface area (TPSA) is 122 Å². The van der Waals surface area contributed by atoms with Gasteiger partial charge in [-0.25, -0.2) is 0 Å². The molecule has 4 aliphatic heterocycles. The number of nitrogens with one attached hydrogen (secondary N) is 2. The zero-order valence-corrected chi connectivity index (χ0v) is 72.8. The first-order valence-corrected chi connectivity index (χ1v) is 44.7. The summed E-state index contributed by atoms with van der Waals surface area (Å²) in [6.07, 6.45) is 26.9. The Kier molecular flexibility index (Phi) is 24.5. The van der Waals surface area contributed by atoms with Crippen LogP contribution in [0.25, 0.3) is 88.6 Å². The SMILES string of the molecule is CN1CCN(Cc2ccc(-c3cnc4c(c3)C(c3ccc5[nH]ccc5c3)=CC4)cc2)CC1.CN1CCN(Cc2ccc(-c3cnc4c(c3)C(c3ccc5[nH]ccc5c3)=CC4)cc2)CC1.Cc1ccc(C2=CCc3ncc(-c4ccc(CN5CCN(C)CC5)cc4)cc32)cn1.Cc1cccc(C2=CCc3ncc(-c4ccc(CN5CCN(C)CC5)cc4)cc32)c1. The normalized spacial score (nSPS) is 17.0. The minimum Gasteiger partial charge on any atom is -0.361 e. The first kappa shape index (κ1) is 81.7. The fourth-order valence-electron chi connectivity index (χ4n) is 18.7. The molecule has 0 amide bonds. The van der Waals surface area contributed by atoms with E-state index in [1.165, 1.54) is 178 Å². The van der Waals surface area contributed by atoms with E-state index in [0.717, 1.165) is 168 Å². The summed E-state index contributed by atoms with van der Waals surface area (Å²) in [5, 5.41) is 2.49. The number of hydrogen-bond donors (Lipinski definition) is 2. The van der Waals surface area contributed by atoms with Crippen molar-refractivity contribution < 1.29 is 0 Å². The van der Waals surface area contributed by atoms with Gasteiger partial charge in [0.1, 0.15) is 0 Å². The highest BCUT2D eigenvalue weighted by Gasteiger charge is 2.26. The molecule has 4 fully saturated rings. The standard InChI is InChI=1S/2C28H28N4.C27H29N3.C26H28N4/c2*1-31-12-14-32(15-13-31)19-20-2-4-21(5-3-20)24-17-26-25(7-9-28(26)30-18-24)22-6-8-27-23(16-22)10-11-29-27;1-20-4-3-5-23(16-20)25-10-11-27-26(25)17-24(18-28-27)22-8-6-21(7-9-22)19-30-14-12-29(2)13-15-30;1-19-3-6-22(16-27-19)24-9-10-26-25(24)15-23(17-28-26)21-7-4-20(5-8-21)18-30-13-11-29(2)12-14-30/h2*2-8,10-11,16-18,29H,9,12-15,19H2,1H3;3-10,16-18H,11-15,19H2,1-2H3;3-9,15-17H,10-14,18H2,1-2H3. The van der Waals surface area contributed by atoms with Crippen LogP contribution in [0, 0.1) is 13.8 Å². The minimum absolute atomic E-state index is 0.892. The highest BCUT2D eigenvalue weighted by Crippen LogP contribution is 2.41. The van der Waals surface area contributed by atoms with E-state index in [0.29, 0.717) is 0 Å². The Balaban J connectivity index is 0.000000108. The highest BCUT2D eigenvalue weighted by molar-refractivity contribution is 5.93. The van der Waals surface area contributed by atoms with Crippen LogP contribution < -0.4 is 0 Å². The molecule has 15 heteroatoms. The number of fused-ring (bicyclic) bond motifs is 6. The van der Waals surface area contributed by atoms with Crippen LogP contribution in [0.2, 0.25) is 0 Å². The van der Waals surface area contributed by atoms with E-state index >= 15 is 0 Å². The third-order valence-electron chi connectivity index (χ3n) is 26.5. The minimum atomic E-state index is 0.892. The second-order valence-corrected chi connectivity index (χ2v) is 35.4. The quantitative estimate of drug-likeness (QED) is 0.0955. The number of aromatic nitrogens is 7. The van der Waals surface area contributed by atoms with Crippen LogP contribution in [0.1, 0.15) is 101 Å². The van der Waals surface area contributed by atoms with E-state index in [9.17, 15) is 0 Å². The van der Waals surface area contributed by atoms with Crippen molar-refractivity contribution in [3.63, 3.8) is 0 Å². The van der Waals surface area contributed by atoms with Crippen LogP contribution >= 0.6 is 0 Å². The predicted octanol–water partition coefficient (Wildman–Crippen LogP) is 18.9. The summed E-state index contributed by atoms with van der Waals surface area (Å²) in [7, 11) is 8.81. The first-order chi connectivity index (χ1) is 60.8. The van der Waals surface area contributed by atoms with Gasteiger partial charge < -0.3 is 29.6 Å². The number of pyridine rings is 5. The molecule has 2 N–H and O–H groups in total. The molecule has 15 nitrogen and oxygen atoms in total. The Morgan fingerprint density at radius 3 is 0.839 bits per heavy atom. The molecule has 4 saturated heterocycles. The molecule has 4 aliphatic carbocycles. The van der Waals surface area contributed by atoms with Crippen molar-refractivity contribution in [2.45, 2.75) is 65.7 Å². The van der Waals surface area contributed by atoms with Gasteiger partial charge in [0.15, 0.2) is 0 Å². The van der Waals surface area contributed by atoms with Crippen molar-refractivity contribution >= 4 is 44.1 Å². The number of aryl methyl sites for hydroxylation is 2. The van der Waals surface area contributed by atoms with Crippen molar-refractivity contribution in [3.8, 4) is 44.5 Å². The van der Waals surface area contributed by atoms with Crippen LogP contribution in [0.3, 0.4) is 0 Å². The summed E-state index contributed by atoms with van der Waals surface area (Å²) in [4.78, 5) is 50.0. The second-order valence-electron chi connectivity index (χ2n) is 35.4. The molecule has 0 unspecified atom stereocenters. The van der Waals surface area contributed by atoms with Crippen molar-refractivity contribution in [2.75, 3.05) is 133 Å². The number of H-pyrrole nitrogens is 2. The summed E-state index contributed by atoms with van der Waals surface area (Å²) >= 11 is 0. The lowest BCUT2D eigenvalue weighted by Crippen LogP contribution is -2.43. The van der Waals surface area contributed by atoms with Gasteiger partial charge >= 0.3 is 0 Å². The molecule has 11 heterocycles. The van der Waals surface area contributed by atoms with E-state index in [-0.39, 0.29) is 0 Å². The maximum Gasteiger partial charge on any atom is 0.0520 e. The number of allylic oxidation sites excluding steroid dienone is 4. The average Bonchev–Trinajstić information content (AvgIpc) is 1.63. The molecule has 22 rings (SSSR count). The molecule has 7 aromatic carbocycles. The Bertz CT molecular complexity index is 6030. The van der Waals surface area contributed by atoms with Gasteiger partial charge in [0.05, 0.1) is 22.8 Å². The number of likely N-dealkylation sites (N-methyl/N-ethyl adjacent to an activating group) is 4. The Morgan fingerprint density at radius 2 is 0.540 bits per heavy atom. The molecule has 0 saturated carbocycles. The van der Waals surface area contributed by atoms with E-state index in [1.807, 2.05) is 50.3 Å². The van der Waals surface area contributed by atoms with Gasteiger partial charge in [-0.05, 0) is 203 Å². The van der Waals surface area contributed by atoms with Crippen LogP contribution in [0.5, 0.6) is 0 Å². The summed E-state index contributed by atoms with van der Waals surface area (Å²) in [6, 6.07) is 75.9. The van der Waals surface area contributed by atoms with E-state index in [1.54, 1.807) is 0 Å². The lowest BCUT2D eigenvalue weighted by Gasteiger charge is -2.32. The van der Waals surface area contributed by atoms with Gasteiger partial charge in [0.25, 0.3) is 0 Å². The molecule has 0 radical (unpaired) electrons. The first-order valence-electron chi connectivity index (χ1n) is 44.7. The van der Waals surface area contributed by atoms with Gasteiger partial charge in [-0.2, -0.15) is 0 Å². The molecule has 0 bridgehead atoms. The third kappa shape index (κ3) is 19.0. The zero-order chi connectivity index (χ0) is 84.0. The summed E-state index contributed by atoms with van der Waals surface area (Å²) < 4.78 is 0. The number of hydrogen-bond acceptors (Lipinski definition) is 13. The Morgan fingerprint density at radius 1 is 0.258 bits per heavy atom. The van der Waals surface area contributed by atoms with Crippen LogP contribution in [-0.2, 0) is 51.9 Å². The van der Waals surface area contributed by atoms with Crippen LogP contribution in [0.15, 0.2) is 274 Å². The second kappa shape index (κ2) is 37.2. The molecular formula is C109H113N15. The zero-order valence-electron chi connectivity index (χ0n) is 72.8. The molecule has 124 heavy (non-hydrogen) atoms. The average molecular weight is 1630 g/mol. The van der Waals surface area contributed by atoms with E-state index in [2.05, 4.69) is 320 Å². The van der Waals surface area contributed by atoms with Crippen molar-refractivity contribution in [1.82, 2.24) is 74.1 Å². The Labute approximate surface area is 731 Å². The molecule has 0 atom stereocenters. The lowest BCUT2D eigenvalue weighted by atomic mass is 9.96. The smallest absolute Gasteiger partial charge is 0.0520 e. The van der Waals surface area contributed by atoms with Gasteiger partial charge in [-0.1, -0.05) is 169 Å². The van der Waals surface area contributed by atoms with Gasteiger partial charge in [-0.3, -0.25) is 44.5 Å². The molecule has 0 spiro atoms. The summed E-state index contributed by atoms with van der Waals surface area (Å²) in [5.41, 5.74) is 39.7. The molecule has 624 valence electrons. The maximum atomic E-state index is 4.82. The predicted molar refractivity (Wildman–Crippen MR) is 510 cm³/mol. The van der Waals surface area contributed by atoms with Crippen molar-refractivity contribution in [2.24, 2.45) is 0 Å². The number of nitrogens with zero attached hydrogens (tertiary/aromatic N) is 13. The van der Waals surface area contributed by atoms with Crippen molar-refractivity contribution in [3.05, 3.63) is 375 Å². The number of benzene rings is 7. The summed E-state index contributed by atoms with van der Waals surface area (Å²) in [6.45, 7) is 26.8. The van der Waals surface area contributed by atoms with Gasteiger partial charge in [0, 0.05) is 267 Å². The third-order valence-corrected chi connectivity index (χ3v) is 26.5. The largest absolute Gasteiger partial charge is 0.361 e. The van der Waals surface area contributed by atoms with E-state index in [4.69, 9.17) is 19.9 Å². The number of aromatic amines is 2. The van der Waals surface area contributed by atoms with Crippen molar-refractivity contribution in [1.29, 1.82) is 0 Å². The molecular weight excluding hydrogens is 1520 g/mol. The number of rotatable bonds is 16. The fourth-order valence-corrected chi connectivity index (χ4v) is 18.7. The molecule has 7 aromatic heterocycles. The van der Waals surface area contributed by atoms with Crippen LogP contribution in [-0.4, -0.2) is 207 Å².